The Kier molecular flexibility index (Phi) is 13.5. The summed E-state index contributed by atoms with van der Waals surface area (Å²) in [4.78, 5) is 33.2. The molecule has 0 spiro atoms. The number of allylic oxidation sites excluding steroid dienone is 1. The molecule has 16 heteroatoms. The molecule has 2 atom stereocenters. The smallest absolute Gasteiger partial charge is 0.293 e. The average Bonchev–Trinajstić information content (AvgIpc) is 3.74. The Labute approximate surface area is 373 Å². The lowest BCUT2D eigenvalue weighted by molar-refractivity contribution is -0.384. The van der Waals surface area contributed by atoms with Crippen LogP contribution in [0.1, 0.15) is 61.9 Å². The molecule has 4 aromatic carbocycles. The summed E-state index contributed by atoms with van der Waals surface area (Å²) >= 11 is 6.24. The number of aromatic nitrogens is 1. The standard InChI is InChI=1S/C47H52ClFN6O7S/c1-47(2)15-11-33(38(27-47)30-3-5-34(48)6-4-30)28-53-17-19-54(20-18-53)35-7-9-37(44(24-35)62-45-23-32-12-16-50-41(32)26-39(45)49)46(57)52-63(60)36-8-10-40(43(25-36)55(58)59)51-42(29-56)31-13-21-61-22-14-31/h3-10,12,16,23-26,31,42,50-51,56H,11,13-15,17-22,27-29H2,1-2H3,(H,52,57). The molecule has 3 aliphatic rings. The van der Waals surface area contributed by atoms with Crippen LogP contribution in [0.4, 0.5) is 21.5 Å². The van der Waals surface area contributed by atoms with Gasteiger partial charge in [0.1, 0.15) is 11.4 Å². The molecular weight excluding hydrogens is 847 g/mol. The molecule has 2 unspecified atom stereocenters. The first kappa shape index (κ1) is 44.3. The molecule has 13 nitrogen and oxygen atoms in total. The van der Waals surface area contributed by atoms with Crippen LogP contribution in [0.2, 0.25) is 5.02 Å². The number of aliphatic hydroxyl groups excluding tert-OH is 1. The summed E-state index contributed by atoms with van der Waals surface area (Å²) in [5.74, 6) is -1.42. The van der Waals surface area contributed by atoms with Gasteiger partial charge in [-0.3, -0.25) is 24.5 Å². The largest absolute Gasteiger partial charge is 0.453 e. The summed E-state index contributed by atoms with van der Waals surface area (Å²) in [6.07, 6.45) is 6.25. The fourth-order valence-electron chi connectivity index (χ4n) is 8.86. The molecule has 0 saturated carbocycles. The van der Waals surface area contributed by atoms with Crippen LogP contribution in [0.3, 0.4) is 0 Å². The number of amides is 1. The zero-order valence-corrected chi connectivity index (χ0v) is 36.9. The van der Waals surface area contributed by atoms with Crippen molar-refractivity contribution < 1.29 is 32.9 Å². The van der Waals surface area contributed by atoms with Crippen molar-refractivity contribution in [1.29, 1.82) is 0 Å². The molecule has 0 bridgehead atoms. The van der Waals surface area contributed by atoms with Gasteiger partial charge in [0.05, 0.1) is 28.0 Å². The molecule has 0 radical (unpaired) electrons. The SMILES string of the molecule is CC1(C)CCC(CN2CCN(c3ccc(C(=O)NS(=O)c4ccc(NC(CO)C5CCOCC5)c([N+](=O)[O-])c4)c(Oc4cc5cc[nH]c5cc4F)c3)CC2)=C(c2ccc(Cl)cc2)C1. The van der Waals surface area contributed by atoms with Gasteiger partial charge >= 0.3 is 0 Å². The molecule has 8 rings (SSSR count). The summed E-state index contributed by atoms with van der Waals surface area (Å²) in [6, 6.07) is 21.4. The van der Waals surface area contributed by atoms with Crippen LogP contribution in [0, 0.1) is 27.3 Å². The number of piperazine rings is 1. The van der Waals surface area contributed by atoms with Crippen molar-refractivity contribution in [3.05, 3.63) is 123 Å². The van der Waals surface area contributed by atoms with Gasteiger partial charge in [0.25, 0.3) is 11.6 Å². The van der Waals surface area contributed by atoms with Crippen molar-refractivity contribution in [2.24, 2.45) is 11.3 Å². The van der Waals surface area contributed by atoms with Crippen LogP contribution >= 0.6 is 11.6 Å². The number of carbonyl (C=O) groups excluding carboxylic acids is 1. The first-order valence-electron chi connectivity index (χ1n) is 21.3. The summed E-state index contributed by atoms with van der Waals surface area (Å²) in [6.45, 7) is 9.36. The van der Waals surface area contributed by atoms with Crippen molar-refractivity contribution in [3.8, 4) is 11.5 Å². The van der Waals surface area contributed by atoms with Gasteiger partial charge in [-0.15, -0.1) is 0 Å². The number of halogens is 2. The molecule has 332 valence electrons. The van der Waals surface area contributed by atoms with Gasteiger partial charge in [0.15, 0.2) is 22.6 Å². The minimum atomic E-state index is -2.23. The van der Waals surface area contributed by atoms with E-state index in [1.54, 1.807) is 36.5 Å². The highest BCUT2D eigenvalue weighted by atomic mass is 35.5. The Balaban J connectivity index is 1.01. The molecule has 2 aliphatic heterocycles. The number of nitrogens with one attached hydrogen (secondary N) is 3. The summed E-state index contributed by atoms with van der Waals surface area (Å²) in [5.41, 5.74) is 5.44. The van der Waals surface area contributed by atoms with Crippen LogP contribution in [0.5, 0.6) is 11.5 Å². The number of fused-ring (bicyclic) bond motifs is 1. The van der Waals surface area contributed by atoms with Gasteiger partial charge in [0, 0.05) is 91.9 Å². The number of H-pyrrole nitrogens is 1. The number of hydrogen-bond acceptors (Lipinski definition) is 10. The Hall–Kier alpha value is -5.32. The molecule has 1 aromatic heterocycles. The van der Waals surface area contributed by atoms with Crippen LogP contribution in [-0.2, 0) is 15.7 Å². The highest BCUT2D eigenvalue weighted by Crippen LogP contribution is 2.44. The van der Waals surface area contributed by atoms with E-state index in [0.717, 1.165) is 55.7 Å². The summed E-state index contributed by atoms with van der Waals surface area (Å²) < 4.78 is 43.2. The van der Waals surface area contributed by atoms with E-state index in [-0.39, 0.29) is 51.3 Å². The zero-order valence-electron chi connectivity index (χ0n) is 35.3. The number of hydrogen-bond donors (Lipinski definition) is 4. The number of nitro groups is 1. The molecule has 63 heavy (non-hydrogen) atoms. The van der Waals surface area contributed by atoms with E-state index in [4.69, 9.17) is 21.1 Å². The van der Waals surface area contributed by atoms with E-state index in [0.29, 0.717) is 50.0 Å². The van der Waals surface area contributed by atoms with Gasteiger partial charge in [0.2, 0.25) is 0 Å². The lowest BCUT2D eigenvalue weighted by Gasteiger charge is -2.39. The number of carbonyl (C=O) groups is 1. The molecular formula is C47H52ClFN6O7S. The topological polar surface area (TPSA) is 162 Å². The van der Waals surface area contributed by atoms with Crippen molar-refractivity contribution in [3.63, 3.8) is 0 Å². The van der Waals surface area contributed by atoms with E-state index in [1.165, 1.54) is 34.9 Å². The minimum absolute atomic E-state index is 0.00349. The number of rotatable bonds is 14. The monoisotopic (exact) mass is 898 g/mol. The molecule has 4 N–H and O–H groups in total. The number of nitrogens with zero attached hydrogens (tertiary/aromatic N) is 3. The highest BCUT2D eigenvalue weighted by Gasteiger charge is 2.31. The van der Waals surface area contributed by atoms with Gasteiger partial charge in [-0.05, 0) is 103 Å². The van der Waals surface area contributed by atoms with E-state index >= 15 is 4.39 Å². The third-order valence-electron chi connectivity index (χ3n) is 12.5. The van der Waals surface area contributed by atoms with Crippen molar-refractivity contribution in [2.45, 2.75) is 56.9 Å². The van der Waals surface area contributed by atoms with Gasteiger partial charge in [-0.1, -0.05) is 43.2 Å². The maximum absolute atomic E-state index is 15.5. The van der Waals surface area contributed by atoms with Crippen LogP contribution in [-0.4, -0.2) is 88.6 Å². The fourth-order valence-corrected chi connectivity index (χ4v) is 9.79. The van der Waals surface area contributed by atoms with E-state index in [1.807, 2.05) is 12.1 Å². The van der Waals surface area contributed by atoms with Gasteiger partial charge in [-0.2, -0.15) is 0 Å². The Bertz CT molecular complexity index is 2540. The number of aromatic amines is 1. The Morgan fingerprint density at radius 1 is 1.05 bits per heavy atom. The quantitative estimate of drug-likeness (QED) is 0.0625. The molecule has 5 aromatic rings. The molecule has 2 saturated heterocycles. The van der Waals surface area contributed by atoms with E-state index in [9.17, 15) is 24.2 Å². The predicted molar refractivity (Wildman–Crippen MR) is 244 cm³/mol. The normalized spacial score (nSPS) is 18.3. The maximum atomic E-state index is 15.5. The van der Waals surface area contributed by atoms with Gasteiger partial charge < -0.3 is 29.8 Å². The zero-order chi connectivity index (χ0) is 44.3. The number of aliphatic hydroxyl groups is 1. The third kappa shape index (κ3) is 10.4. The van der Waals surface area contributed by atoms with Crippen molar-refractivity contribution in [1.82, 2.24) is 14.6 Å². The molecule has 2 fully saturated rings. The minimum Gasteiger partial charge on any atom is -0.453 e. The number of anilines is 2. The molecule has 1 amide bonds. The summed E-state index contributed by atoms with van der Waals surface area (Å²) in [7, 11) is -2.23. The number of ether oxygens (including phenoxy) is 2. The van der Waals surface area contributed by atoms with E-state index < -0.39 is 33.7 Å². The maximum Gasteiger partial charge on any atom is 0.293 e. The van der Waals surface area contributed by atoms with Crippen LogP contribution in [0.15, 0.2) is 95.5 Å². The van der Waals surface area contributed by atoms with Gasteiger partial charge in [-0.25, -0.2) is 8.60 Å². The first-order valence-corrected chi connectivity index (χ1v) is 22.9. The highest BCUT2D eigenvalue weighted by molar-refractivity contribution is 7.83. The second-order valence-electron chi connectivity index (χ2n) is 17.3. The molecule has 3 heterocycles. The fraction of sp³-hybridized carbons (Fsp3) is 0.383. The number of nitro benzene ring substituents is 1. The first-order chi connectivity index (χ1) is 30.3. The lowest BCUT2D eigenvalue weighted by atomic mass is 9.72. The van der Waals surface area contributed by atoms with E-state index in [2.05, 4.69) is 50.8 Å². The van der Waals surface area contributed by atoms with Crippen LogP contribution in [0.25, 0.3) is 16.5 Å². The second-order valence-corrected chi connectivity index (χ2v) is 19.0. The molecule has 1 aliphatic carbocycles. The average molecular weight is 899 g/mol. The third-order valence-corrected chi connectivity index (χ3v) is 13.8. The second kappa shape index (κ2) is 19.2. The van der Waals surface area contributed by atoms with Crippen molar-refractivity contribution in [2.75, 3.05) is 62.8 Å². The Morgan fingerprint density at radius 2 is 1.81 bits per heavy atom. The Morgan fingerprint density at radius 3 is 2.54 bits per heavy atom. The number of benzene rings is 4. The summed E-state index contributed by atoms with van der Waals surface area (Å²) in [5, 5.41) is 26.8. The van der Waals surface area contributed by atoms with Crippen molar-refractivity contribution >= 4 is 62.0 Å². The lowest BCUT2D eigenvalue weighted by Crippen LogP contribution is -2.47. The van der Waals surface area contributed by atoms with Crippen LogP contribution < -0.4 is 19.7 Å². The predicted octanol–water partition coefficient (Wildman–Crippen LogP) is 9.10.